The minimum atomic E-state index is -3.40. The van der Waals surface area contributed by atoms with Crippen molar-refractivity contribution < 1.29 is 18.3 Å². The molecule has 0 saturated heterocycles. The number of hydrogen-bond donors (Lipinski definition) is 1. The highest BCUT2D eigenvalue weighted by molar-refractivity contribution is 7.90. The van der Waals surface area contributed by atoms with Crippen LogP contribution in [0.25, 0.3) is 0 Å². The van der Waals surface area contributed by atoms with E-state index in [0.717, 1.165) is 6.26 Å². The van der Waals surface area contributed by atoms with Crippen LogP contribution >= 0.6 is 0 Å². The molecule has 1 aromatic heterocycles. The molecule has 0 aromatic carbocycles. The highest BCUT2D eigenvalue weighted by atomic mass is 32.2. The molecule has 1 N–H and O–H groups in total. The molecule has 0 bridgehead atoms. The van der Waals surface area contributed by atoms with Crippen LogP contribution in [0, 0.1) is 5.92 Å². The molecular formula is C12H18N2O4S. The molecule has 1 atom stereocenters. The van der Waals surface area contributed by atoms with E-state index in [0.29, 0.717) is 12.4 Å². The Balaban J connectivity index is 3.16. The largest absolute Gasteiger partial charge is 0.481 e. The van der Waals surface area contributed by atoms with E-state index >= 15 is 0 Å². The van der Waals surface area contributed by atoms with Crippen LogP contribution in [0.15, 0.2) is 23.2 Å². The summed E-state index contributed by atoms with van der Waals surface area (Å²) in [5.41, 5.74) is 0. The van der Waals surface area contributed by atoms with Crippen LogP contribution < -0.4 is 4.90 Å². The molecule has 1 rings (SSSR count). The van der Waals surface area contributed by atoms with Crippen LogP contribution in [0.5, 0.6) is 0 Å². The van der Waals surface area contributed by atoms with Gasteiger partial charge in [0.2, 0.25) is 0 Å². The molecule has 106 valence electrons. The molecule has 0 radical (unpaired) electrons. The first-order chi connectivity index (χ1) is 8.77. The van der Waals surface area contributed by atoms with E-state index in [1.54, 1.807) is 17.9 Å². The Labute approximate surface area is 113 Å². The zero-order valence-corrected chi connectivity index (χ0v) is 12.0. The number of sulfone groups is 1. The van der Waals surface area contributed by atoms with Crippen molar-refractivity contribution in [3.8, 4) is 0 Å². The van der Waals surface area contributed by atoms with Gasteiger partial charge >= 0.3 is 5.97 Å². The van der Waals surface area contributed by atoms with Crippen LogP contribution in [-0.4, -0.2) is 43.8 Å². The Bertz CT molecular complexity index is 557. The van der Waals surface area contributed by atoms with Crippen molar-refractivity contribution in [2.75, 3.05) is 24.2 Å². The smallest absolute Gasteiger partial charge is 0.308 e. The molecule has 0 fully saturated rings. The summed E-state index contributed by atoms with van der Waals surface area (Å²) in [6.45, 7) is 4.10. The molecular weight excluding hydrogens is 268 g/mol. The van der Waals surface area contributed by atoms with Gasteiger partial charge in [0, 0.05) is 25.5 Å². The number of pyridine rings is 1. The minimum absolute atomic E-state index is 0.120. The number of rotatable bonds is 6. The van der Waals surface area contributed by atoms with Crippen molar-refractivity contribution in [3.05, 3.63) is 18.3 Å². The predicted octanol–water partition coefficient (Wildman–Crippen LogP) is 1.03. The number of aliphatic carboxylic acids is 1. The quantitative estimate of drug-likeness (QED) is 0.840. The molecule has 6 nitrogen and oxygen atoms in total. The molecule has 1 unspecified atom stereocenters. The lowest BCUT2D eigenvalue weighted by atomic mass is 10.1. The van der Waals surface area contributed by atoms with Crippen molar-refractivity contribution >= 4 is 21.6 Å². The molecule has 1 heterocycles. The number of carboxylic acids is 1. The Morgan fingerprint density at radius 3 is 2.63 bits per heavy atom. The molecule has 0 saturated carbocycles. The van der Waals surface area contributed by atoms with Gasteiger partial charge in [-0.1, -0.05) is 6.92 Å². The number of carbonyl (C=O) groups is 1. The van der Waals surface area contributed by atoms with Crippen molar-refractivity contribution in [2.24, 2.45) is 5.92 Å². The molecule has 7 heteroatoms. The van der Waals surface area contributed by atoms with E-state index in [9.17, 15) is 13.2 Å². The van der Waals surface area contributed by atoms with E-state index < -0.39 is 21.7 Å². The maximum absolute atomic E-state index is 11.7. The molecule has 0 aliphatic heterocycles. The monoisotopic (exact) mass is 286 g/mol. The van der Waals surface area contributed by atoms with E-state index in [1.807, 2.05) is 6.92 Å². The third kappa shape index (κ3) is 3.92. The summed E-state index contributed by atoms with van der Waals surface area (Å²) in [5.74, 6) is -1.22. The fraction of sp³-hybridized carbons (Fsp3) is 0.500. The average molecular weight is 286 g/mol. The van der Waals surface area contributed by atoms with E-state index in [2.05, 4.69) is 4.98 Å². The minimum Gasteiger partial charge on any atom is -0.481 e. The van der Waals surface area contributed by atoms with E-state index in [-0.39, 0.29) is 11.4 Å². The molecule has 1 aromatic rings. The van der Waals surface area contributed by atoms with Crippen molar-refractivity contribution in [1.82, 2.24) is 4.98 Å². The van der Waals surface area contributed by atoms with Gasteiger partial charge in [-0.3, -0.25) is 4.79 Å². The van der Waals surface area contributed by atoms with Gasteiger partial charge in [-0.25, -0.2) is 13.4 Å². The lowest BCUT2D eigenvalue weighted by Crippen LogP contribution is -2.33. The molecule has 19 heavy (non-hydrogen) atoms. The number of nitrogens with zero attached hydrogens (tertiary/aromatic N) is 2. The van der Waals surface area contributed by atoms with Gasteiger partial charge in [0.25, 0.3) is 0 Å². The number of carboxylic acid groups (broad SMARTS) is 1. The Kier molecular flexibility index (Phi) is 4.88. The van der Waals surface area contributed by atoms with Crippen LogP contribution in [0.3, 0.4) is 0 Å². The normalized spacial score (nSPS) is 13.0. The van der Waals surface area contributed by atoms with Crippen molar-refractivity contribution in [3.63, 3.8) is 0 Å². The molecule has 0 aliphatic rings. The van der Waals surface area contributed by atoms with Gasteiger partial charge in [0.05, 0.1) is 5.92 Å². The van der Waals surface area contributed by atoms with Crippen LogP contribution in [0.4, 0.5) is 5.82 Å². The second-order valence-corrected chi connectivity index (χ2v) is 6.36. The molecule has 0 aliphatic carbocycles. The molecule has 0 spiro atoms. The maximum atomic E-state index is 11.7. The zero-order valence-electron chi connectivity index (χ0n) is 11.2. The highest BCUT2D eigenvalue weighted by Gasteiger charge is 2.22. The maximum Gasteiger partial charge on any atom is 0.308 e. The Morgan fingerprint density at radius 1 is 1.53 bits per heavy atom. The summed E-state index contributed by atoms with van der Waals surface area (Å²) in [4.78, 5) is 16.8. The SMILES string of the molecule is CCN(CC(C)C(=O)O)c1ncccc1S(C)(=O)=O. The third-order valence-electron chi connectivity index (χ3n) is 2.75. The number of anilines is 1. The van der Waals surface area contributed by atoms with Gasteiger partial charge in [-0.05, 0) is 19.1 Å². The predicted molar refractivity (Wildman–Crippen MR) is 72.0 cm³/mol. The lowest BCUT2D eigenvalue weighted by molar-refractivity contribution is -0.140. The summed E-state index contributed by atoms with van der Waals surface area (Å²) >= 11 is 0. The van der Waals surface area contributed by atoms with Gasteiger partial charge in [0.1, 0.15) is 10.7 Å². The second kappa shape index (κ2) is 6.01. The first-order valence-corrected chi connectivity index (χ1v) is 7.79. The van der Waals surface area contributed by atoms with Crippen molar-refractivity contribution in [2.45, 2.75) is 18.7 Å². The van der Waals surface area contributed by atoms with Gasteiger partial charge in [-0.15, -0.1) is 0 Å². The number of aromatic nitrogens is 1. The number of hydrogen-bond acceptors (Lipinski definition) is 5. The highest BCUT2D eigenvalue weighted by Crippen LogP contribution is 2.22. The van der Waals surface area contributed by atoms with Crippen LogP contribution in [0.1, 0.15) is 13.8 Å². The van der Waals surface area contributed by atoms with Gasteiger partial charge < -0.3 is 10.0 Å². The lowest BCUT2D eigenvalue weighted by Gasteiger charge is -2.25. The summed E-state index contributed by atoms with van der Waals surface area (Å²) in [6, 6.07) is 3.03. The Morgan fingerprint density at radius 2 is 2.16 bits per heavy atom. The van der Waals surface area contributed by atoms with Crippen molar-refractivity contribution in [1.29, 1.82) is 0 Å². The second-order valence-electron chi connectivity index (χ2n) is 4.38. The summed E-state index contributed by atoms with van der Waals surface area (Å²) in [6.07, 6.45) is 2.61. The first kappa shape index (κ1) is 15.4. The standard InChI is InChI=1S/C12H18N2O4S/c1-4-14(8-9(2)12(15)16)11-10(19(3,17)18)6-5-7-13-11/h5-7,9H,4,8H2,1-3H3,(H,15,16). The van der Waals surface area contributed by atoms with Gasteiger partial charge in [-0.2, -0.15) is 0 Å². The first-order valence-electron chi connectivity index (χ1n) is 5.90. The average Bonchev–Trinajstić information content (AvgIpc) is 2.34. The molecule has 0 amide bonds. The fourth-order valence-electron chi connectivity index (χ4n) is 1.68. The summed E-state index contributed by atoms with van der Waals surface area (Å²) < 4.78 is 23.4. The summed E-state index contributed by atoms with van der Waals surface area (Å²) in [7, 11) is -3.40. The summed E-state index contributed by atoms with van der Waals surface area (Å²) in [5, 5.41) is 8.94. The van der Waals surface area contributed by atoms with E-state index in [4.69, 9.17) is 5.11 Å². The topological polar surface area (TPSA) is 87.6 Å². The van der Waals surface area contributed by atoms with E-state index in [1.165, 1.54) is 12.3 Å². The fourth-order valence-corrected chi connectivity index (χ4v) is 2.52. The Hall–Kier alpha value is -1.63. The third-order valence-corrected chi connectivity index (χ3v) is 3.87. The van der Waals surface area contributed by atoms with Crippen LogP contribution in [0.2, 0.25) is 0 Å². The van der Waals surface area contributed by atoms with Crippen LogP contribution in [-0.2, 0) is 14.6 Å². The van der Waals surface area contributed by atoms with Gasteiger partial charge in [0.15, 0.2) is 9.84 Å². The zero-order chi connectivity index (χ0) is 14.6.